The third-order valence-corrected chi connectivity index (χ3v) is 5.24. The fourth-order valence-corrected chi connectivity index (χ4v) is 3.45. The molecule has 0 radical (unpaired) electrons. The van der Waals surface area contributed by atoms with Crippen LogP contribution in [-0.4, -0.2) is 4.57 Å². The van der Waals surface area contributed by atoms with Gasteiger partial charge in [0.25, 0.3) is 0 Å². The molecule has 0 atom stereocenters. The second kappa shape index (κ2) is 5.59. The van der Waals surface area contributed by atoms with Crippen LogP contribution < -0.4 is 5.43 Å². The van der Waals surface area contributed by atoms with E-state index in [2.05, 4.69) is 56.5 Å². The number of para-hydroxylation sites is 1. The molecule has 0 fully saturated rings. The van der Waals surface area contributed by atoms with Crippen molar-refractivity contribution in [1.82, 2.24) is 4.57 Å². The van der Waals surface area contributed by atoms with Gasteiger partial charge in [-0.15, -0.1) is 0 Å². The lowest BCUT2D eigenvalue weighted by molar-refractivity contribution is 1.14. The van der Waals surface area contributed by atoms with E-state index in [0.29, 0.717) is 0 Å². The Kier molecular flexibility index (Phi) is 3.50. The van der Waals surface area contributed by atoms with Gasteiger partial charge in [-0.1, -0.05) is 18.2 Å². The highest BCUT2D eigenvalue weighted by Crippen LogP contribution is 2.27. The zero-order chi connectivity index (χ0) is 17.7. The quantitative estimate of drug-likeness (QED) is 0.430. The first-order valence-electron chi connectivity index (χ1n) is 8.60. The largest absolute Gasteiger partial charge is 0.309 e. The summed E-state index contributed by atoms with van der Waals surface area (Å²) in [6, 6.07) is 18.5. The van der Waals surface area contributed by atoms with E-state index in [1.54, 1.807) is 0 Å². The van der Waals surface area contributed by atoms with Crippen LogP contribution in [-0.2, 0) is 0 Å². The van der Waals surface area contributed by atoms with Gasteiger partial charge in [0.05, 0.1) is 11.0 Å². The van der Waals surface area contributed by atoms with Gasteiger partial charge in [0, 0.05) is 16.5 Å². The molecule has 0 aliphatic carbocycles. The molecule has 0 saturated heterocycles. The number of pyridine rings is 1. The highest BCUT2D eigenvalue weighted by Gasteiger charge is 2.13. The smallest absolute Gasteiger partial charge is 0.197 e. The van der Waals surface area contributed by atoms with Crippen molar-refractivity contribution >= 4 is 21.8 Å². The Bertz CT molecular complexity index is 1200. The summed E-state index contributed by atoms with van der Waals surface area (Å²) in [6.45, 7) is 8.40. The Morgan fingerprint density at radius 3 is 2.08 bits per heavy atom. The molecule has 2 heteroatoms. The SMILES string of the molecule is Cc1ccc(-n2c3ccccc3c(=O)c3cc(C)c(C)cc32)cc1C. The van der Waals surface area contributed by atoms with E-state index in [9.17, 15) is 4.79 Å². The van der Waals surface area contributed by atoms with Gasteiger partial charge in [-0.2, -0.15) is 0 Å². The third kappa shape index (κ3) is 2.37. The molecule has 1 heterocycles. The molecule has 124 valence electrons. The molecule has 0 spiro atoms. The number of aromatic nitrogens is 1. The molecule has 2 nitrogen and oxygen atoms in total. The van der Waals surface area contributed by atoms with Crippen molar-refractivity contribution in [3.8, 4) is 5.69 Å². The lowest BCUT2D eigenvalue weighted by Gasteiger charge is -2.17. The molecular formula is C23H21NO. The standard InChI is InChI=1S/C23H21NO/c1-14-9-10-18(11-15(14)2)24-21-8-6-5-7-19(21)23(25)20-12-16(3)17(4)13-22(20)24/h5-13H,1-4H3. The molecule has 0 amide bonds. The first-order chi connectivity index (χ1) is 12.0. The van der Waals surface area contributed by atoms with Crippen molar-refractivity contribution < 1.29 is 0 Å². The van der Waals surface area contributed by atoms with Crippen LogP contribution in [0.5, 0.6) is 0 Å². The molecule has 25 heavy (non-hydrogen) atoms. The average Bonchev–Trinajstić information content (AvgIpc) is 2.60. The molecule has 0 aliphatic heterocycles. The first-order valence-corrected chi connectivity index (χ1v) is 8.60. The fourth-order valence-electron chi connectivity index (χ4n) is 3.45. The van der Waals surface area contributed by atoms with E-state index >= 15 is 0 Å². The van der Waals surface area contributed by atoms with Crippen molar-refractivity contribution in [1.29, 1.82) is 0 Å². The highest BCUT2D eigenvalue weighted by atomic mass is 16.1. The second-order valence-corrected chi connectivity index (χ2v) is 6.90. The fraction of sp³-hybridized carbons (Fsp3) is 0.174. The Labute approximate surface area is 147 Å². The summed E-state index contributed by atoms with van der Waals surface area (Å²) in [5.41, 5.74) is 7.97. The molecule has 3 aromatic carbocycles. The summed E-state index contributed by atoms with van der Waals surface area (Å²) < 4.78 is 2.21. The Morgan fingerprint density at radius 1 is 0.640 bits per heavy atom. The first kappa shape index (κ1) is 15.6. The van der Waals surface area contributed by atoms with Gasteiger partial charge in [-0.05, 0) is 86.3 Å². The van der Waals surface area contributed by atoms with Crippen molar-refractivity contribution in [3.05, 3.63) is 87.1 Å². The van der Waals surface area contributed by atoms with Gasteiger partial charge < -0.3 is 4.57 Å². The number of fused-ring (bicyclic) bond motifs is 2. The maximum atomic E-state index is 13.0. The van der Waals surface area contributed by atoms with E-state index in [4.69, 9.17) is 0 Å². The van der Waals surface area contributed by atoms with E-state index in [-0.39, 0.29) is 5.43 Å². The van der Waals surface area contributed by atoms with Crippen LogP contribution in [0, 0.1) is 27.7 Å². The van der Waals surface area contributed by atoms with Crippen molar-refractivity contribution in [2.24, 2.45) is 0 Å². The maximum absolute atomic E-state index is 13.0. The van der Waals surface area contributed by atoms with Crippen LogP contribution in [0.1, 0.15) is 22.3 Å². The van der Waals surface area contributed by atoms with E-state index < -0.39 is 0 Å². The summed E-state index contributed by atoms with van der Waals surface area (Å²) in [6.07, 6.45) is 0. The molecule has 1 aromatic heterocycles. The number of benzene rings is 3. The summed E-state index contributed by atoms with van der Waals surface area (Å²) in [5, 5.41) is 1.54. The zero-order valence-electron chi connectivity index (χ0n) is 15.1. The monoisotopic (exact) mass is 327 g/mol. The maximum Gasteiger partial charge on any atom is 0.197 e. The number of rotatable bonds is 1. The van der Waals surface area contributed by atoms with Gasteiger partial charge >= 0.3 is 0 Å². The second-order valence-electron chi connectivity index (χ2n) is 6.90. The predicted octanol–water partition coefficient (Wildman–Crippen LogP) is 5.38. The van der Waals surface area contributed by atoms with Gasteiger partial charge in [-0.25, -0.2) is 0 Å². The molecule has 0 aliphatic rings. The van der Waals surface area contributed by atoms with E-state index in [0.717, 1.165) is 33.1 Å². The predicted molar refractivity (Wildman–Crippen MR) is 106 cm³/mol. The van der Waals surface area contributed by atoms with Crippen LogP contribution in [0.4, 0.5) is 0 Å². The third-order valence-electron chi connectivity index (χ3n) is 5.24. The topological polar surface area (TPSA) is 22.0 Å². The lowest BCUT2D eigenvalue weighted by Crippen LogP contribution is -2.11. The van der Waals surface area contributed by atoms with Crippen LogP contribution in [0.2, 0.25) is 0 Å². The zero-order valence-corrected chi connectivity index (χ0v) is 15.1. The highest BCUT2D eigenvalue weighted by molar-refractivity contribution is 5.95. The Morgan fingerprint density at radius 2 is 1.32 bits per heavy atom. The summed E-state index contributed by atoms with van der Waals surface area (Å²) in [7, 11) is 0. The Balaban J connectivity index is 2.27. The minimum Gasteiger partial charge on any atom is -0.309 e. The number of nitrogens with zero attached hydrogens (tertiary/aromatic N) is 1. The minimum atomic E-state index is 0.105. The summed E-state index contributed by atoms with van der Waals surface area (Å²) in [4.78, 5) is 13.0. The molecule has 0 unspecified atom stereocenters. The number of hydrogen-bond donors (Lipinski definition) is 0. The van der Waals surface area contributed by atoms with Gasteiger partial charge in [0.15, 0.2) is 5.43 Å². The molecule has 4 rings (SSSR count). The van der Waals surface area contributed by atoms with Gasteiger partial charge in [0.1, 0.15) is 0 Å². The molecule has 0 bridgehead atoms. The normalized spacial score (nSPS) is 11.4. The Hall–Kier alpha value is -2.87. The van der Waals surface area contributed by atoms with Crippen LogP contribution >= 0.6 is 0 Å². The number of hydrogen-bond acceptors (Lipinski definition) is 1. The average molecular weight is 327 g/mol. The molecule has 0 saturated carbocycles. The van der Waals surface area contributed by atoms with Crippen molar-refractivity contribution in [2.45, 2.75) is 27.7 Å². The van der Waals surface area contributed by atoms with Gasteiger partial charge in [0.2, 0.25) is 0 Å². The minimum absolute atomic E-state index is 0.105. The summed E-state index contributed by atoms with van der Waals surface area (Å²) in [5.74, 6) is 0. The number of aryl methyl sites for hydroxylation is 4. The van der Waals surface area contributed by atoms with Crippen molar-refractivity contribution in [2.75, 3.05) is 0 Å². The molecule has 0 N–H and O–H groups in total. The van der Waals surface area contributed by atoms with Crippen LogP contribution in [0.25, 0.3) is 27.5 Å². The van der Waals surface area contributed by atoms with E-state index in [1.807, 2.05) is 30.3 Å². The summed E-state index contributed by atoms with van der Waals surface area (Å²) >= 11 is 0. The van der Waals surface area contributed by atoms with Crippen LogP contribution in [0.15, 0.2) is 59.4 Å². The van der Waals surface area contributed by atoms with E-state index in [1.165, 1.54) is 16.7 Å². The van der Waals surface area contributed by atoms with Gasteiger partial charge in [-0.3, -0.25) is 4.79 Å². The molecule has 4 aromatic rings. The lowest BCUT2D eigenvalue weighted by atomic mass is 10.0. The van der Waals surface area contributed by atoms with Crippen molar-refractivity contribution in [3.63, 3.8) is 0 Å². The van der Waals surface area contributed by atoms with Crippen LogP contribution in [0.3, 0.4) is 0 Å². The molecular weight excluding hydrogens is 306 g/mol.